The van der Waals surface area contributed by atoms with Gasteiger partial charge in [0.05, 0.1) is 12.5 Å². The van der Waals surface area contributed by atoms with Crippen LogP contribution in [0.25, 0.3) is 0 Å². The zero-order valence-corrected chi connectivity index (χ0v) is 20.1. The average molecular weight is 508 g/mol. The highest BCUT2D eigenvalue weighted by Gasteiger charge is 2.32. The SMILES string of the molecule is CC(C)C(NC(=O)C(N)CC(=O)O)C(=O)NC(Cc1ccccc1)C(=O)NC(CCC(N)=O)C(=O)O. The Morgan fingerprint density at radius 1 is 0.861 bits per heavy atom. The van der Waals surface area contributed by atoms with Crippen molar-refractivity contribution in [3.63, 3.8) is 0 Å². The highest BCUT2D eigenvalue weighted by Crippen LogP contribution is 2.08. The first-order valence-electron chi connectivity index (χ1n) is 11.2. The van der Waals surface area contributed by atoms with Gasteiger partial charge >= 0.3 is 11.9 Å². The Morgan fingerprint density at radius 2 is 1.44 bits per heavy atom. The lowest BCUT2D eigenvalue weighted by Gasteiger charge is -2.27. The molecule has 4 atom stereocenters. The number of amides is 4. The third kappa shape index (κ3) is 10.5. The van der Waals surface area contributed by atoms with Gasteiger partial charge in [-0.25, -0.2) is 4.79 Å². The van der Waals surface area contributed by atoms with E-state index in [1.807, 2.05) is 0 Å². The van der Waals surface area contributed by atoms with E-state index in [0.29, 0.717) is 5.56 Å². The molecule has 13 nitrogen and oxygen atoms in total. The van der Waals surface area contributed by atoms with Crippen molar-refractivity contribution in [2.45, 2.75) is 63.7 Å². The van der Waals surface area contributed by atoms with Gasteiger partial charge < -0.3 is 37.6 Å². The van der Waals surface area contributed by atoms with Crippen molar-refractivity contribution >= 4 is 35.6 Å². The minimum atomic E-state index is -1.42. The van der Waals surface area contributed by atoms with Crippen molar-refractivity contribution < 1.29 is 39.0 Å². The molecule has 1 aromatic rings. The fourth-order valence-electron chi connectivity index (χ4n) is 3.21. The normalized spacial score (nSPS) is 14.1. The van der Waals surface area contributed by atoms with Crippen LogP contribution in [0.3, 0.4) is 0 Å². The topological polar surface area (TPSA) is 231 Å². The Hall–Kier alpha value is -4.00. The Balaban J connectivity index is 3.09. The molecule has 0 saturated carbocycles. The zero-order valence-electron chi connectivity index (χ0n) is 20.1. The van der Waals surface area contributed by atoms with E-state index in [2.05, 4.69) is 16.0 Å². The fourth-order valence-corrected chi connectivity index (χ4v) is 3.21. The van der Waals surface area contributed by atoms with Crippen LogP contribution in [0.4, 0.5) is 0 Å². The van der Waals surface area contributed by atoms with Crippen molar-refractivity contribution in [2.75, 3.05) is 0 Å². The molecule has 1 aromatic carbocycles. The Kier molecular flexibility index (Phi) is 12.0. The first-order chi connectivity index (χ1) is 16.8. The molecule has 9 N–H and O–H groups in total. The molecule has 4 amide bonds. The summed E-state index contributed by atoms with van der Waals surface area (Å²) >= 11 is 0. The summed E-state index contributed by atoms with van der Waals surface area (Å²) in [6, 6.07) is 3.42. The molecule has 0 bridgehead atoms. The number of rotatable bonds is 15. The number of carboxylic acid groups (broad SMARTS) is 2. The summed E-state index contributed by atoms with van der Waals surface area (Å²) in [5, 5.41) is 25.5. The van der Waals surface area contributed by atoms with Gasteiger partial charge in [-0.15, -0.1) is 0 Å². The lowest BCUT2D eigenvalue weighted by molar-refractivity contribution is -0.142. The molecule has 0 spiro atoms. The first kappa shape index (κ1) is 30.0. The molecule has 0 radical (unpaired) electrons. The quantitative estimate of drug-likeness (QED) is 0.146. The number of carbonyl (C=O) groups is 6. The van der Waals surface area contributed by atoms with Gasteiger partial charge in [-0.05, 0) is 17.9 Å². The van der Waals surface area contributed by atoms with Crippen molar-refractivity contribution in [3.05, 3.63) is 35.9 Å². The van der Waals surface area contributed by atoms with E-state index in [0.717, 1.165) is 0 Å². The van der Waals surface area contributed by atoms with Gasteiger partial charge in [-0.1, -0.05) is 44.2 Å². The molecule has 198 valence electrons. The molecule has 0 fully saturated rings. The lowest BCUT2D eigenvalue weighted by atomic mass is 10.00. The summed E-state index contributed by atoms with van der Waals surface area (Å²) < 4.78 is 0. The zero-order chi connectivity index (χ0) is 27.4. The molecule has 0 aliphatic heterocycles. The number of carboxylic acids is 2. The van der Waals surface area contributed by atoms with Gasteiger partial charge in [0.1, 0.15) is 18.1 Å². The monoisotopic (exact) mass is 507 g/mol. The molecule has 0 aliphatic carbocycles. The van der Waals surface area contributed by atoms with Gasteiger partial charge in [0.15, 0.2) is 0 Å². The third-order valence-corrected chi connectivity index (χ3v) is 5.19. The van der Waals surface area contributed by atoms with Gasteiger partial charge in [0.25, 0.3) is 0 Å². The largest absolute Gasteiger partial charge is 0.481 e. The Bertz CT molecular complexity index is 953. The maximum absolute atomic E-state index is 13.1. The molecular formula is C23H33N5O8. The number of nitrogens with one attached hydrogen (secondary N) is 3. The van der Waals surface area contributed by atoms with E-state index in [1.54, 1.807) is 44.2 Å². The molecule has 0 aliphatic rings. The van der Waals surface area contributed by atoms with Crippen LogP contribution >= 0.6 is 0 Å². The van der Waals surface area contributed by atoms with Crippen LogP contribution in [0, 0.1) is 5.92 Å². The van der Waals surface area contributed by atoms with E-state index >= 15 is 0 Å². The van der Waals surface area contributed by atoms with Crippen LogP contribution in [0.1, 0.15) is 38.7 Å². The highest BCUT2D eigenvalue weighted by atomic mass is 16.4. The maximum atomic E-state index is 13.1. The molecule has 1 rings (SSSR count). The van der Waals surface area contributed by atoms with E-state index in [-0.39, 0.29) is 19.3 Å². The van der Waals surface area contributed by atoms with E-state index in [9.17, 15) is 33.9 Å². The molecular weight excluding hydrogens is 474 g/mol. The number of nitrogens with two attached hydrogens (primary N) is 2. The minimum absolute atomic E-state index is 0.00212. The molecule has 13 heteroatoms. The van der Waals surface area contributed by atoms with Crippen molar-refractivity contribution in [1.82, 2.24) is 16.0 Å². The first-order valence-corrected chi connectivity index (χ1v) is 11.2. The van der Waals surface area contributed by atoms with Gasteiger partial charge in [0, 0.05) is 12.8 Å². The number of aliphatic carboxylic acids is 2. The van der Waals surface area contributed by atoms with Crippen LogP contribution < -0.4 is 27.4 Å². The van der Waals surface area contributed by atoms with Crippen molar-refractivity contribution in [3.8, 4) is 0 Å². The summed E-state index contributed by atoms with van der Waals surface area (Å²) in [6.07, 6.45) is -1.16. The standard InChI is InChI=1S/C23H33N5O8/c1-12(2)19(28-20(32)14(24)11-18(30)31)22(34)27-16(10-13-6-4-3-5-7-13)21(33)26-15(23(35)36)8-9-17(25)29/h3-7,12,14-16,19H,8-11,24H2,1-2H3,(H2,25,29)(H,26,33)(H,27,34)(H,28,32)(H,30,31)(H,35,36). The molecule has 4 unspecified atom stereocenters. The predicted octanol–water partition coefficient (Wildman–Crippen LogP) is -1.51. The molecule has 0 heterocycles. The van der Waals surface area contributed by atoms with Crippen molar-refractivity contribution in [1.29, 1.82) is 0 Å². The van der Waals surface area contributed by atoms with Gasteiger partial charge in [0.2, 0.25) is 23.6 Å². The predicted molar refractivity (Wildman–Crippen MR) is 127 cm³/mol. The summed E-state index contributed by atoms with van der Waals surface area (Å²) in [5.74, 6) is -6.29. The molecule has 36 heavy (non-hydrogen) atoms. The van der Waals surface area contributed by atoms with Crippen LogP contribution in [0.2, 0.25) is 0 Å². The lowest BCUT2D eigenvalue weighted by Crippen LogP contribution is -2.59. The van der Waals surface area contributed by atoms with Crippen LogP contribution in [-0.2, 0) is 35.2 Å². The van der Waals surface area contributed by atoms with E-state index < -0.39 is 72.1 Å². The maximum Gasteiger partial charge on any atom is 0.326 e. The van der Waals surface area contributed by atoms with Crippen LogP contribution in [0.5, 0.6) is 0 Å². The summed E-state index contributed by atoms with van der Waals surface area (Å²) in [4.78, 5) is 71.8. The summed E-state index contributed by atoms with van der Waals surface area (Å²) in [7, 11) is 0. The summed E-state index contributed by atoms with van der Waals surface area (Å²) in [6.45, 7) is 3.26. The number of carbonyl (C=O) groups excluding carboxylic acids is 4. The Morgan fingerprint density at radius 3 is 1.94 bits per heavy atom. The van der Waals surface area contributed by atoms with Gasteiger partial charge in [-0.3, -0.25) is 24.0 Å². The highest BCUT2D eigenvalue weighted by molar-refractivity contribution is 5.95. The van der Waals surface area contributed by atoms with Crippen LogP contribution in [0.15, 0.2) is 30.3 Å². The minimum Gasteiger partial charge on any atom is -0.481 e. The molecule has 0 aromatic heterocycles. The second-order valence-corrected chi connectivity index (χ2v) is 8.59. The molecule has 0 saturated heterocycles. The second kappa shape index (κ2) is 14.4. The second-order valence-electron chi connectivity index (χ2n) is 8.59. The number of primary amides is 1. The number of benzene rings is 1. The third-order valence-electron chi connectivity index (χ3n) is 5.19. The number of hydrogen-bond donors (Lipinski definition) is 7. The van der Waals surface area contributed by atoms with E-state index in [1.165, 1.54) is 0 Å². The Labute approximate surface area is 208 Å². The summed E-state index contributed by atoms with van der Waals surface area (Å²) in [5.41, 5.74) is 11.3. The average Bonchev–Trinajstić information content (AvgIpc) is 2.78. The van der Waals surface area contributed by atoms with Gasteiger partial charge in [-0.2, -0.15) is 0 Å². The smallest absolute Gasteiger partial charge is 0.326 e. The van der Waals surface area contributed by atoms with Crippen LogP contribution in [-0.4, -0.2) is 69.9 Å². The van der Waals surface area contributed by atoms with E-state index in [4.69, 9.17) is 16.6 Å². The number of hydrogen-bond acceptors (Lipinski definition) is 7. The van der Waals surface area contributed by atoms with Crippen molar-refractivity contribution in [2.24, 2.45) is 17.4 Å². The fraction of sp³-hybridized carbons (Fsp3) is 0.478.